The van der Waals surface area contributed by atoms with Crippen LogP contribution in [0, 0.1) is 5.92 Å². The van der Waals surface area contributed by atoms with Crippen LogP contribution in [-0.4, -0.2) is 34.2 Å². The van der Waals surface area contributed by atoms with Crippen molar-refractivity contribution in [3.8, 4) is 0 Å². The highest BCUT2D eigenvalue weighted by Crippen LogP contribution is 2.40. The lowest BCUT2D eigenvalue weighted by molar-refractivity contribution is -0.143. The summed E-state index contributed by atoms with van der Waals surface area (Å²) in [5.74, 6) is -0.877. The standard InChI is InChI=1S/C10H15N3O2/c14-10(15)6-1-4-9-8(5-6)11-12-13(9)7-2-3-7/h6-9H,1-5H2,(H,14,15). The Morgan fingerprint density at radius 3 is 2.73 bits per heavy atom. The molecule has 3 unspecified atom stereocenters. The van der Waals surface area contributed by atoms with Crippen LogP contribution in [-0.2, 0) is 4.79 Å². The maximum Gasteiger partial charge on any atom is 0.306 e. The van der Waals surface area contributed by atoms with E-state index >= 15 is 0 Å². The molecular weight excluding hydrogens is 194 g/mol. The Morgan fingerprint density at radius 1 is 1.27 bits per heavy atom. The molecule has 3 aliphatic rings. The molecule has 0 spiro atoms. The molecule has 0 radical (unpaired) electrons. The summed E-state index contributed by atoms with van der Waals surface area (Å²) in [6.45, 7) is 0. The quantitative estimate of drug-likeness (QED) is 0.748. The molecular formula is C10H15N3O2. The van der Waals surface area contributed by atoms with Gasteiger partial charge in [-0.3, -0.25) is 9.80 Å². The average Bonchev–Trinajstić information content (AvgIpc) is 2.98. The molecule has 1 heterocycles. The molecule has 1 aliphatic heterocycles. The zero-order chi connectivity index (χ0) is 10.4. The van der Waals surface area contributed by atoms with Gasteiger partial charge in [-0.25, -0.2) is 0 Å². The first-order valence-corrected chi connectivity index (χ1v) is 5.67. The van der Waals surface area contributed by atoms with Gasteiger partial charge in [-0.1, -0.05) is 5.22 Å². The smallest absolute Gasteiger partial charge is 0.306 e. The summed E-state index contributed by atoms with van der Waals surface area (Å²) < 4.78 is 0. The van der Waals surface area contributed by atoms with Gasteiger partial charge in [0, 0.05) is 6.04 Å². The second-order valence-corrected chi connectivity index (χ2v) is 4.80. The van der Waals surface area contributed by atoms with Crippen LogP contribution in [0.1, 0.15) is 32.1 Å². The molecule has 3 atom stereocenters. The number of hydrogen-bond acceptors (Lipinski definition) is 4. The number of carboxylic acids is 1. The molecule has 0 aromatic rings. The van der Waals surface area contributed by atoms with Crippen molar-refractivity contribution in [2.24, 2.45) is 16.3 Å². The van der Waals surface area contributed by atoms with Gasteiger partial charge >= 0.3 is 5.97 Å². The van der Waals surface area contributed by atoms with Gasteiger partial charge in [-0.15, -0.1) is 0 Å². The van der Waals surface area contributed by atoms with Crippen LogP contribution in [0.3, 0.4) is 0 Å². The van der Waals surface area contributed by atoms with Gasteiger partial charge in [0.25, 0.3) is 0 Å². The summed E-state index contributed by atoms with van der Waals surface area (Å²) in [6.07, 6.45) is 4.85. The van der Waals surface area contributed by atoms with Crippen molar-refractivity contribution in [1.29, 1.82) is 0 Å². The molecule has 5 nitrogen and oxygen atoms in total. The minimum Gasteiger partial charge on any atom is -0.481 e. The van der Waals surface area contributed by atoms with E-state index in [1.807, 2.05) is 0 Å². The van der Waals surface area contributed by atoms with Gasteiger partial charge in [0.1, 0.15) is 0 Å². The molecule has 3 rings (SSSR count). The molecule has 0 saturated heterocycles. The Morgan fingerprint density at radius 2 is 2.07 bits per heavy atom. The molecule has 2 fully saturated rings. The van der Waals surface area contributed by atoms with Crippen LogP contribution in [0.5, 0.6) is 0 Å². The van der Waals surface area contributed by atoms with E-state index in [2.05, 4.69) is 15.3 Å². The topological polar surface area (TPSA) is 65.3 Å². The third-order valence-electron chi connectivity index (χ3n) is 3.69. The zero-order valence-corrected chi connectivity index (χ0v) is 8.54. The number of carboxylic acid groups (broad SMARTS) is 1. The molecule has 2 saturated carbocycles. The molecule has 82 valence electrons. The largest absolute Gasteiger partial charge is 0.481 e. The maximum absolute atomic E-state index is 10.9. The fraction of sp³-hybridized carbons (Fsp3) is 0.900. The van der Waals surface area contributed by atoms with E-state index in [-0.39, 0.29) is 12.0 Å². The summed E-state index contributed by atoms with van der Waals surface area (Å²) in [4.78, 5) is 10.9. The highest BCUT2D eigenvalue weighted by Gasteiger charge is 2.45. The number of nitrogens with zero attached hydrogens (tertiary/aromatic N) is 3. The number of hydrogen-bond donors (Lipinski definition) is 1. The normalized spacial score (nSPS) is 39.2. The van der Waals surface area contributed by atoms with Crippen LogP contribution in [0.25, 0.3) is 0 Å². The number of rotatable bonds is 2. The van der Waals surface area contributed by atoms with E-state index in [1.165, 1.54) is 12.8 Å². The fourth-order valence-electron chi connectivity index (χ4n) is 2.66. The van der Waals surface area contributed by atoms with Gasteiger partial charge in [0.15, 0.2) is 0 Å². The van der Waals surface area contributed by atoms with E-state index in [4.69, 9.17) is 5.11 Å². The number of fused-ring (bicyclic) bond motifs is 1. The fourth-order valence-corrected chi connectivity index (χ4v) is 2.66. The highest BCUT2D eigenvalue weighted by atomic mass is 16.4. The van der Waals surface area contributed by atoms with Crippen molar-refractivity contribution < 1.29 is 9.90 Å². The third kappa shape index (κ3) is 1.50. The van der Waals surface area contributed by atoms with Crippen LogP contribution in [0.4, 0.5) is 0 Å². The van der Waals surface area contributed by atoms with Crippen molar-refractivity contribution in [2.75, 3.05) is 0 Å². The van der Waals surface area contributed by atoms with Crippen molar-refractivity contribution in [2.45, 2.75) is 50.2 Å². The van der Waals surface area contributed by atoms with E-state index in [1.54, 1.807) is 0 Å². The summed E-state index contributed by atoms with van der Waals surface area (Å²) in [5, 5.41) is 19.5. The highest BCUT2D eigenvalue weighted by molar-refractivity contribution is 5.70. The Bertz CT molecular complexity index is 314. The second-order valence-electron chi connectivity index (χ2n) is 4.80. The first-order valence-electron chi connectivity index (χ1n) is 5.67. The minimum atomic E-state index is -0.673. The first-order chi connectivity index (χ1) is 7.25. The number of carbonyl (C=O) groups is 1. The van der Waals surface area contributed by atoms with Crippen molar-refractivity contribution in [1.82, 2.24) is 5.01 Å². The van der Waals surface area contributed by atoms with E-state index in [0.717, 1.165) is 12.8 Å². The lowest BCUT2D eigenvalue weighted by Gasteiger charge is -2.31. The van der Waals surface area contributed by atoms with Crippen molar-refractivity contribution in [3.05, 3.63) is 0 Å². The monoisotopic (exact) mass is 209 g/mol. The Kier molecular flexibility index (Phi) is 1.94. The van der Waals surface area contributed by atoms with Gasteiger partial charge in [0.2, 0.25) is 0 Å². The van der Waals surface area contributed by atoms with Gasteiger partial charge in [-0.2, -0.15) is 5.11 Å². The molecule has 0 aromatic carbocycles. The zero-order valence-electron chi connectivity index (χ0n) is 8.54. The molecule has 15 heavy (non-hydrogen) atoms. The van der Waals surface area contributed by atoms with Gasteiger partial charge < -0.3 is 5.11 Å². The van der Waals surface area contributed by atoms with E-state index in [0.29, 0.717) is 18.5 Å². The van der Waals surface area contributed by atoms with Crippen LogP contribution in [0.2, 0.25) is 0 Å². The van der Waals surface area contributed by atoms with E-state index < -0.39 is 5.97 Å². The molecule has 0 aromatic heterocycles. The van der Waals surface area contributed by atoms with Crippen molar-refractivity contribution in [3.63, 3.8) is 0 Å². The third-order valence-corrected chi connectivity index (χ3v) is 3.69. The van der Waals surface area contributed by atoms with E-state index in [9.17, 15) is 4.79 Å². The average molecular weight is 209 g/mol. The summed E-state index contributed by atoms with van der Waals surface area (Å²) >= 11 is 0. The van der Waals surface area contributed by atoms with Crippen LogP contribution < -0.4 is 0 Å². The Labute approximate surface area is 88.1 Å². The van der Waals surface area contributed by atoms with Gasteiger partial charge in [0.05, 0.1) is 18.0 Å². The molecule has 0 bridgehead atoms. The molecule has 1 N–H and O–H groups in total. The molecule has 5 heteroatoms. The Balaban J connectivity index is 1.69. The molecule has 2 aliphatic carbocycles. The minimum absolute atomic E-state index is 0.139. The number of aliphatic carboxylic acids is 1. The first kappa shape index (κ1) is 9.12. The lowest BCUT2D eigenvalue weighted by Crippen LogP contribution is -2.41. The Hall–Kier alpha value is -1.13. The molecule has 0 amide bonds. The second kappa shape index (κ2) is 3.18. The van der Waals surface area contributed by atoms with Gasteiger partial charge in [-0.05, 0) is 32.1 Å². The van der Waals surface area contributed by atoms with Crippen LogP contribution >= 0.6 is 0 Å². The summed E-state index contributed by atoms with van der Waals surface area (Å²) in [6, 6.07) is 1.14. The predicted molar refractivity (Wildman–Crippen MR) is 52.3 cm³/mol. The van der Waals surface area contributed by atoms with Crippen LogP contribution in [0.15, 0.2) is 10.3 Å². The predicted octanol–water partition coefficient (Wildman–Crippen LogP) is 1.45. The lowest BCUT2D eigenvalue weighted by atomic mass is 9.82. The summed E-state index contributed by atoms with van der Waals surface area (Å²) in [5.41, 5.74) is 0. The summed E-state index contributed by atoms with van der Waals surface area (Å²) in [7, 11) is 0. The maximum atomic E-state index is 10.9. The SMILES string of the molecule is O=C(O)C1CCC2C(C1)N=NN2C1CC1. The van der Waals surface area contributed by atoms with Crippen molar-refractivity contribution >= 4 is 5.97 Å².